The van der Waals surface area contributed by atoms with Crippen molar-refractivity contribution in [1.29, 1.82) is 0 Å². The van der Waals surface area contributed by atoms with Crippen molar-refractivity contribution in [3.05, 3.63) is 12.3 Å². The minimum atomic E-state index is 0.245. The first-order valence-corrected chi connectivity index (χ1v) is 4.17. The minimum absolute atomic E-state index is 0.245. The van der Waals surface area contributed by atoms with Crippen LogP contribution in [0.15, 0.2) is 12.3 Å². The van der Waals surface area contributed by atoms with Gasteiger partial charge in [0.25, 0.3) is 0 Å². The fourth-order valence-electron chi connectivity index (χ4n) is 1.39. The molecule has 1 fully saturated rings. The Labute approximate surface area is 67.9 Å². The number of nitrogens with zero attached hydrogens (tertiary/aromatic N) is 1. The lowest BCUT2D eigenvalue weighted by molar-refractivity contribution is -0.128. The molecule has 0 radical (unpaired) electrons. The number of carbonyl (C=O) groups excluding carboxylic acids is 1. The smallest absolute Gasteiger partial charge is 0.226 e. The molecule has 2 nitrogen and oxygen atoms in total. The first-order chi connectivity index (χ1) is 5.22. The standard InChI is InChI=1S/C9H15NO/c1-8(2)10-7-5-3-4-6-9(10)11/h1,3-7H2,2H3. The average molecular weight is 153 g/mol. The third kappa shape index (κ3) is 2.07. The second kappa shape index (κ2) is 3.56. The summed E-state index contributed by atoms with van der Waals surface area (Å²) < 4.78 is 0. The molecule has 0 bridgehead atoms. The normalized spacial score (nSPS) is 19.7. The van der Waals surface area contributed by atoms with Crippen LogP contribution in [-0.4, -0.2) is 17.4 Å². The summed E-state index contributed by atoms with van der Waals surface area (Å²) in [7, 11) is 0. The Balaban J connectivity index is 2.59. The Bertz CT molecular complexity index is 174. The quantitative estimate of drug-likeness (QED) is 0.563. The molecule has 1 rings (SSSR count). The fraction of sp³-hybridized carbons (Fsp3) is 0.667. The van der Waals surface area contributed by atoms with Gasteiger partial charge in [-0.3, -0.25) is 4.79 Å². The molecule has 0 aliphatic carbocycles. The van der Waals surface area contributed by atoms with Crippen molar-refractivity contribution >= 4 is 5.91 Å². The molecule has 0 aromatic heterocycles. The van der Waals surface area contributed by atoms with Crippen LogP contribution in [0.3, 0.4) is 0 Å². The summed E-state index contributed by atoms with van der Waals surface area (Å²) in [6.45, 7) is 6.54. The molecule has 1 saturated heterocycles. The van der Waals surface area contributed by atoms with Crippen molar-refractivity contribution in [2.24, 2.45) is 0 Å². The van der Waals surface area contributed by atoms with E-state index in [4.69, 9.17) is 0 Å². The zero-order valence-corrected chi connectivity index (χ0v) is 7.10. The molecule has 0 unspecified atom stereocenters. The Morgan fingerprint density at radius 3 is 2.82 bits per heavy atom. The van der Waals surface area contributed by atoms with E-state index >= 15 is 0 Å². The average Bonchev–Trinajstić information content (AvgIpc) is 2.13. The lowest BCUT2D eigenvalue weighted by Gasteiger charge is -2.19. The van der Waals surface area contributed by atoms with E-state index in [-0.39, 0.29) is 5.91 Å². The summed E-state index contributed by atoms with van der Waals surface area (Å²) in [5.74, 6) is 0.245. The summed E-state index contributed by atoms with van der Waals surface area (Å²) in [4.78, 5) is 13.1. The molecule has 2 heteroatoms. The molecule has 1 aliphatic rings. The highest BCUT2D eigenvalue weighted by molar-refractivity contribution is 5.78. The maximum Gasteiger partial charge on any atom is 0.226 e. The monoisotopic (exact) mass is 153 g/mol. The van der Waals surface area contributed by atoms with Gasteiger partial charge in [0.05, 0.1) is 0 Å². The van der Waals surface area contributed by atoms with Crippen molar-refractivity contribution in [3.63, 3.8) is 0 Å². The van der Waals surface area contributed by atoms with Crippen LogP contribution < -0.4 is 0 Å². The maximum atomic E-state index is 11.3. The number of rotatable bonds is 1. The van der Waals surface area contributed by atoms with Gasteiger partial charge in [0.2, 0.25) is 5.91 Å². The van der Waals surface area contributed by atoms with E-state index in [9.17, 15) is 4.79 Å². The Morgan fingerprint density at radius 2 is 2.18 bits per heavy atom. The zero-order chi connectivity index (χ0) is 8.27. The van der Waals surface area contributed by atoms with Gasteiger partial charge < -0.3 is 4.90 Å². The van der Waals surface area contributed by atoms with Gasteiger partial charge in [0.15, 0.2) is 0 Å². The van der Waals surface area contributed by atoms with Crippen molar-refractivity contribution in [3.8, 4) is 0 Å². The van der Waals surface area contributed by atoms with E-state index in [2.05, 4.69) is 6.58 Å². The van der Waals surface area contributed by atoms with E-state index in [1.165, 1.54) is 6.42 Å². The van der Waals surface area contributed by atoms with Crippen LogP contribution >= 0.6 is 0 Å². The number of likely N-dealkylation sites (tertiary alicyclic amines) is 1. The molecule has 0 aromatic rings. The van der Waals surface area contributed by atoms with Crippen molar-refractivity contribution < 1.29 is 4.79 Å². The summed E-state index contributed by atoms with van der Waals surface area (Å²) in [5.41, 5.74) is 0.886. The molecular formula is C9H15NO. The first-order valence-electron chi connectivity index (χ1n) is 4.17. The van der Waals surface area contributed by atoms with Gasteiger partial charge in [-0.15, -0.1) is 0 Å². The SMILES string of the molecule is C=C(C)N1CCCCCC1=O. The number of amides is 1. The Kier molecular flexibility index (Phi) is 2.69. The van der Waals surface area contributed by atoms with Crippen LogP contribution in [0.5, 0.6) is 0 Å². The molecule has 0 aromatic carbocycles. The van der Waals surface area contributed by atoms with Crippen LogP contribution in [0, 0.1) is 0 Å². The van der Waals surface area contributed by atoms with Crippen LogP contribution in [0.4, 0.5) is 0 Å². The summed E-state index contributed by atoms with van der Waals surface area (Å²) in [5, 5.41) is 0. The largest absolute Gasteiger partial charge is 0.317 e. The van der Waals surface area contributed by atoms with Crippen molar-refractivity contribution in [2.75, 3.05) is 6.54 Å². The van der Waals surface area contributed by atoms with Gasteiger partial charge in [-0.05, 0) is 19.8 Å². The van der Waals surface area contributed by atoms with Gasteiger partial charge in [0, 0.05) is 18.7 Å². The molecule has 11 heavy (non-hydrogen) atoms. The Morgan fingerprint density at radius 1 is 1.45 bits per heavy atom. The third-order valence-electron chi connectivity index (χ3n) is 2.03. The fourth-order valence-corrected chi connectivity index (χ4v) is 1.39. The third-order valence-corrected chi connectivity index (χ3v) is 2.03. The second-order valence-electron chi connectivity index (χ2n) is 3.09. The highest BCUT2D eigenvalue weighted by Crippen LogP contribution is 2.14. The van der Waals surface area contributed by atoms with E-state index in [1.54, 1.807) is 4.90 Å². The van der Waals surface area contributed by atoms with Crippen LogP contribution in [0.1, 0.15) is 32.6 Å². The summed E-state index contributed by atoms with van der Waals surface area (Å²) in [6.07, 6.45) is 4.05. The van der Waals surface area contributed by atoms with Crippen molar-refractivity contribution in [2.45, 2.75) is 32.6 Å². The van der Waals surface area contributed by atoms with E-state index < -0.39 is 0 Å². The van der Waals surface area contributed by atoms with Gasteiger partial charge >= 0.3 is 0 Å². The van der Waals surface area contributed by atoms with Crippen LogP contribution in [0.2, 0.25) is 0 Å². The molecule has 0 saturated carbocycles. The topological polar surface area (TPSA) is 20.3 Å². The molecule has 0 spiro atoms. The van der Waals surface area contributed by atoms with E-state index in [0.717, 1.165) is 25.1 Å². The predicted octanol–water partition coefficient (Wildman–Crippen LogP) is 1.92. The number of hydrogen-bond acceptors (Lipinski definition) is 1. The highest BCUT2D eigenvalue weighted by atomic mass is 16.2. The molecule has 62 valence electrons. The second-order valence-corrected chi connectivity index (χ2v) is 3.09. The van der Waals surface area contributed by atoms with E-state index in [0.29, 0.717) is 6.42 Å². The first kappa shape index (κ1) is 8.31. The Hall–Kier alpha value is -0.790. The molecule has 0 N–H and O–H groups in total. The maximum absolute atomic E-state index is 11.3. The summed E-state index contributed by atoms with van der Waals surface area (Å²) >= 11 is 0. The van der Waals surface area contributed by atoms with Gasteiger partial charge in [-0.25, -0.2) is 0 Å². The molecule has 1 amide bonds. The predicted molar refractivity (Wildman–Crippen MR) is 45.0 cm³/mol. The summed E-state index contributed by atoms with van der Waals surface area (Å²) in [6, 6.07) is 0. The van der Waals surface area contributed by atoms with Gasteiger partial charge in [-0.1, -0.05) is 13.0 Å². The van der Waals surface area contributed by atoms with Gasteiger partial charge in [-0.2, -0.15) is 0 Å². The molecular weight excluding hydrogens is 138 g/mol. The van der Waals surface area contributed by atoms with E-state index in [1.807, 2.05) is 6.92 Å². The lowest BCUT2D eigenvalue weighted by Crippen LogP contribution is -2.27. The highest BCUT2D eigenvalue weighted by Gasteiger charge is 2.15. The molecule has 1 aliphatic heterocycles. The minimum Gasteiger partial charge on any atom is -0.317 e. The molecule has 1 heterocycles. The van der Waals surface area contributed by atoms with Crippen LogP contribution in [0.25, 0.3) is 0 Å². The molecule has 0 atom stereocenters. The van der Waals surface area contributed by atoms with Crippen molar-refractivity contribution in [1.82, 2.24) is 4.90 Å². The van der Waals surface area contributed by atoms with Crippen LogP contribution in [-0.2, 0) is 4.79 Å². The van der Waals surface area contributed by atoms with Gasteiger partial charge in [0.1, 0.15) is 0 Å². The number of hydrogen-bond donors (Lipinski definition) is 0. The zero-order valence-electron chi connectivity index (χ0n) is 7.10. The number of allylic oxidation sites excluding steroid dienone is 1. The lowest BCUT2D eigenvalue weighted by atomic mass is 10.2. The number of carbonyl (C=O) groups is 1.